The first-order valence-electron chi connectivity index (χ1n) is 6.13. The molecule has 1 aromatic heterocycles. The van der Waals surface area contributed by atoms with Crippen molar-refractivity contribution in [1.82, 2.24) is 4.72 Å². The van der Waals surface area contributed by atoms with Gasteiger partial charge in [-0.1, -0.05) is 12.1 Å². The van der Waals surface area contributed by atoms with E-state index in [1.165, 1.54) is 18.2 Å². The number of furan rings is 1. The Kier molecular flexibility index (Phi) is 4.13. The Balaban J connectivity index is 2.13. The molecule has 0 aliphatic rings. The van der Waals surface area contributed by atoms with Gasteiger partial charge in [-0.15, -0.1) is 0 Å². The summed E-state index contributed by atoms with van der Waals surface area (Å²) in [7, 11) is -4.01. The molecule has 1 N–H and O–H groups in total. The predicted molar refractivity (Wildman–Crippen MR) is 74.7 cm³/mol. The third-order valence-corrected chi connectivity index (χ3v) is 3.95. The molecule has 1 heterocycles. The minimum Gasteiger partial charge on any atom is -0.456 e. The lowest BCUT2D eigenvalue weighted by molar-refractivity contribution is 0.0953. The third kappa shape index (κ3) is 3.91. The fourth-order valence-electron chi connectivity index (χ4n) is 1.76. The maximum atomic E-state index is 13.6. The molecule has 0 atom stereocenters. The second kappa shape index (κ2) is 5.69. The Labute approximate surface area is 121 Å². The van der Waals surface area contributed by atoms with Crippen LogP contribution in [0.2, 0.25) is 0 Å². The number of hydrogen-bond donors (Lipinski definition) is 1. The van der Waals surface area contributed by atoms with Crippen LogP contribution in [0.15, 0.2) is 34.7 Å². The van der Waals surface area contributed by atoms with Crippen molar-refractivity contribution in [1.29, 1.82) is 0 Å². The zero-order valence-electron chi connectivity index (χ0n) is 11.5. The van der Waals surface area contributed by atoms with E-state index in [4.69, 9.17) is 4.42 Å². The van der Waals surface area contributed by atoms with Gasteiger partial charge < -0.3 is 4.42 Å². The number of hydrogen-bond acceptors (Lipinski definition) is 4. The molecule has 0 aliphatic heterocycles. The van der Waals surface area contributed by atoms with Gasteiger partial charge >= 0.3 is 0 Å². The molecule has 2 rings (SSSR count). The van der Waals surface area contributed by atoms with Gasteiger partial charge in [-0.3, -0.25) is 4.79 Å². The standard InChI is InChI=1S/C14H14FNO4S/c1-9-3-5-11(12(15)7-9)8-21(18,19)16-14(17)13-6-4-10(2)20-13/h3-7H,8H2,1-2H3,(H,16,17). The zero-order chi connectivity index (χ0) is 15.6. The molecule has 0 saturated heterocycles. The van der Waals surface area contributed by atoms with Crippen molar-refractivity contribution >= 4 is 15.9 Å². The van der Waals surface area contributed by atoms with Gasteiger partial charge in [0.1, 0.15) is 11.6 Å². The molecule has 0 bridgehead atoms. The molecule has 21 heavy (non-hydrogen) atoms. The fraction of sp³-hybridized carbons (Fsp3) is 0.214. The highest BCUT2D eigenvalue weighted by molar-refractivity contribution is 7.89. The van der Waals surface area contributed by atoms with Gasteiger partial charge in [-0.25, -0.2) is 17.5 Å². The third-order valence-electron chi connectivity index (χ3n) is 2.77. The largest absolute Gasteiger partial charge is 0.456 e. The van der Waals surface area contributed by atoms with Crippen molar-refractivity contribution in [2.45, 2.75) is 19.6 Å². The van der Waals surface area contributed by atoms with E-state index in [9.17, 15) is 17.6 Å². The van der Waals surface area contributed by atoms with Crippen molar-refractivity contribution in [3.05, 3.63) is 58.8 Å². The first kappa shape index (κ1) is 15.2. The number of benzene rings is 1. The van der Waals surface area contributed by atoms with E-state index in [-0.39, 0.29) is 11.3 Å². The van der Waals surface area contributed by atoms with Gasteiger partial charge in [0.15, 0.2) is 5.76 Å². The lowest BCUT2D eigenvalue weighted by Crippen LogP contribution is -2.31. The number of amides is 1. The van der Waals surface area contributed by atoms with Gasteiger partial charge in [0.05, 0.1) is 5.75 Å². The molecule has 2 aromatic rings. The molecule has 0 radical (unpaired) electrons. The monoisotopic (exact) mass is 311 g/mol. The highest BCUT2D eigenvalue weighted by atomic mass is 32.2. The maximum Gasteiger partial charge on any atom is 0.300 e. The maximum absolute atomic E-state index is 13.6. The van der Waals surface area contributed by atoms with E-state index in [0.717, 1.165) is 0 Å². The average Bonchev–Trinajstić information content (AvgIpc) is 2.79. The van der Waals surface area contributed by atoms with Gasteiger partial charge in [0, 0.05) is 5.56 Å². The topological polar surface area (TPSA) is 76.4 Å². The van der Waals surface area contributed by atoms with Crippen LogP contribution in [0.1, 0.15) is 27.4 Å². The SMILES string of the molecule is Cc1ccc(CS(=O)(=O)NC(=O)c2ccc(C)o2)c(F)c1. The van der Waals surface area contributed by atoms with E-state index in [1.54, 1.807) is 26.0 Å². The first-order valence-corrected chi connectivity index (χ1v) is 7.78. The average molecular weight is 311 g/mol. The van der Waals surface area contributed by atoms with Crippen LogP contribution in [-0.2, 0) is 15.8 Å². The molecule has 0 unspecified atom stereocenters. The van der Waals surface area contributed by atoms with Crippen LogP contribution in [0.5, 0.6) is 0 Å². The fourth-order valence-corrected chi connectivity index (χ4v) is 2.86. The van der Waals surface area contributed by atoms with E-state index < -0.39 is 27.5 Å². The van der Waals surface area contributed by atoms with Gasteiger partial charge in [-0.05, 0) is 37.6 Å². The van der Waals surface area contributed by atoms with Crippen LogP contribution in [0.4, 0.5) is 4.39 Å². The number of carbonyl (C=O) groups excluding carboxylic acids is 1. The zero-order valence-corrected chi connectivity index (χ0v) is 12.3. The van der Waals surface area contributed by atoms with Crippen LogP contribution in [-0.4, -0.2) is 14.3 Å². The summed E-state index contributed by atoms with van der Waals surface area (Å²) in [6.45, 7) is 3.33. The van der Waals surface area contributed by atoms with Crippen LogP contribution in [0, 0.1) is 19.7 Å². The summed E-state index contributed by atoms with van der Waals surface area (Å²) in [4.78, 5) is 11.7. The quantitative estimate of drug-likeness (QED) is 0.940. The van der Waals surface area contributed by atoms with Crippen LogP contribution in [0.3, 0.4) is 0 Å². The predicted octanol–water partition coefficient (Wildman–Crippen LogP) is 2.30. The molecule has 0 spiro atoms. The smallest absolute Gasteiger partial charge is 0.300 e. The summed E-state index contributed by atoms with van der Waals surface area (Å²) in [6, 6.07) is 7.13. The Morgan fingerprint density at radius 2 is 1.95 bits per heavy atom. The number of nitrogens with one attached hydrogen (secondary N) is 1. The van der Waals surface area contributed by atoms with E-state index in [2.05, 4.69) is 0 Å². The lowest BCUT2D eigenvalue weighted by Gasteiger charge is -2.07. The number of aryl methyl sites for hydroxylation is 2. The van der Waals surface area contributed by atoms with Crippen molar-refractivity contribution in [2.24, 2.45) is 0 Å². The first-order chi connectivity index (χ1) is 9.77. The second-order valence-electron chi connectivity index (χ2n) is 4.70. The van der Waals surface area contributed by atoms with Crippen molar-refractivity contribution in [2.75, 3.05) is 0 Å². The molecule has 0 aliphatic carbocycles. The van der Waals surface area contributed by atoms with Crippen LogP contribution < -0.4 is 4.72 Å². The summed E-state index contributed by atoms with van der Waals surface area (Å²) in [5, 5.41) is 0. The molecule has 7 heteroatoms. The normalized spacial score (nSPS) is 11.4. The molecule has 1 aromatic carbocycles. The molecule has 0 fully saturated rings. The molecule has 5 nitrogen and oxygen atoms in total. The summed E-state index contributed by atoms with van der Waals surface area (Å²) in [6.07, 6.45) is 0. The van der Waals surface area contributed by atoms with Crippen LogP contribution in [0.25, 0.3) is 0 Å². The second-order valence-corrected chi connectivity index (χ2v) is 6.42. The van der Waals surface area contributed by atoms with Crippen LogP contribution >= 0.6 is 0 Å². The summed E-state index contributed by atoms with van der Waals surface area (Å²) < 4.78 is 44.3. The molecule has 112 valence electrons. The van der Waals surface area contributed by atoms with Gasteiger partial charge in [0.25, 0.3) is 5.91 Å². The number of carbonyl (C=O) groups is 1. The molecular formula is C14H14FNO4S. The number of sulfonamides is 1. The number of rotatable bonds is 4. The minimum absolute atomic E-state index is 0.00322. The van der Waals surface area contributed by atoms with Crippen molar-refractivity contribution in [3.8, 4) is 0 Å². The Hall–Kier alpha value is -2.15. The highest BCUT2D eigenvalue weighted by Crippen LogP contribution is 2.13. The van der Waals surface area contributed by atoms with Gasteiger partial charge in [0.2, 0.25) is 10.0 Å². The minimum atomic E-state index is -4.01. The molecule has 1 amide bonds. The Morgan fingerprint density at radius 1 is 1.24 bits per heavy atom. The van der Waals surface area contributed by atoms with E-state index in [0.29, 0.717) is 11.3 Å². The highest BCUT2D eigenvalue weighted by Gasteiger charge is 2.20. The molecular weight excluding hydrogens is 297 g/mol. The number of halogens is 1. The Morgan fingerprint density at radius 3 is 2.52 bits per heavy atom. The lowest BCUT2D eigenvalue weighted by atomic mass is 10.2. The molecule has 0 saturated carbocycles. The van der Waals surface area contributed by atoms with Crippen molar-refractivity contribution in [3.63, 3.8) is 0 Å². The van der Waals surface area contributed by atoms with E-state index >= 15 is 0 Å². The van der Waals surface area contributed by atoms with Gasteiger partial charge in [-0.2, -0.15) is 0 Å². The summed E-state index contributed by atoms with van der Waals surface area (Å²) in [5.41, 5.74) is 0.681. The van der Waals surface area contributed by atoms with E-state index in [1.807, 2.05) is 4.72 Å². The summed E-state index contributed by atoms with van der Waals surface area (Å²) >= 11 is 0. The Bertz CT molecular complexity index is 780. The summed E-state index contributed by atoms with van der Waals surface area (Å²) in [5.74, 6) is -1.75. The van der Waals surface area contributed by atoms with Crippen molar-refractivity contribution < 1.29 is 22.0 Å².